The van der Waals surface area contributed by atoms with Gasteiger partial charge in [-0.05, 0) is 37.2 Å². The molecule has 0 radical (unpaired) electrons. The van der Waals surface area contributed by atoms with E-state index in [9.17, 15) is 9.59 Å². The van der Waals surface area contributed by atoms with Gasteiger partial charge in [0.2, 0.25) is 11.5 Å². The maximum Gasteiger partial charge on any atom is 0.250 e. The number of carbonyl (C=O) groups excluding carboxylic acids is 1. The van der Waals surface area contributed by atoms with Gasteiger partial charge in [0, 0.05) is 25.2 Å². The van der Waals surface area contributed by atoms with Crippen LogP contribution >= 0.6 is 0 Å². The highest BCUT2D eigenvalue weighted by Gasteiger charge is 2.47. The van der Waals surface area contributed by atoms with Crippen LogP contribution in [0.3, 0.4) is 0 Å². The quantitative estimate of drug-likeness (QED) is 0.837. The van der Waals surface area contributed by atoms with E-state index in [4.69, 9.17) is 0 Å². The van der Waals surface area contributed by atoms with Crippen molar-refractivity contribution < 1.29 is 4.79 Å². The molecule has 0 bridgehead atoms. The summed E-state index contributed by atoms with van der Waals surface area (Å²) in [6.07, 6.45) is 5.07. The number of hydrogen-bond donors (Lipinski definition) is 1. The molecule has 1 heterocycles. The van der Waals surface area contributed by atoms with E-state index in [1.807, 2.05) is 0 Å². The number of aromatic nitrogens is 1. The molecular weight excluding hydrogens is 216 g/mol. The van der Waals surface area contributed by atoms with Gasteiger partial charge < -0.3 is 9.88 Å². The molecule has 4 nitrogen and oxygen atoms in total. The molecule has 2 atom stereocenters. The molecule has 0 saturated heterocycles. The third-order valence-electron chi connectivity index (χ3n) is 3.97. The highest BCUT2D eigenvalue weighted by atomic mass is 16.2. The van der Waals surface area contributed by atoms with Crippen LogP contribution < -0.4 is 10.9 Å². The molecule has 0 aliphatic heterocycles. The van der Waals surface area contributed by atoms with Crippen LogP contribution in [-0.4, -0.2) is 10.5 Å². The maximum absolute atomic E-state index is 12.0. The van der Waals surface area contributed by atoms with E-state index in [-0.39, 0.29) is 17.4 Å². The third kappa shape index (κ3) is 1.99. The van der Waals surface area contributed by atoms with Crippen molar-refractivity contribution in [2.24, 2.45) is 24.8 Å². The number of aryl methyl sites for hydroxylation is 1. The van der Waals surface area contributed by atoms with Crippen LogP contribution in [0, 0.1) is 17.8 Å². The van der Waals surface area contributed by atoms with E-state index in [2.05, 4.69) is 5.32 Å². The molecule has 1 aromatic heterocycles. The van der Waals surface area contributed by atoms with Crippen LogP contribution in [0.5, 0.6) is 0 Å². The second kappa shape index (κ2) is 3.72. The molecule has 3 rings (SSSR count). The van der Waals surface area contributed by atoms with Gasteiger partial charge in [0.05, 0.1) is 5.69 Å². The maximum atomic E-state index is 12.0. The second-order valence-corrected chi connectivity index (χ2v) is 5.28. The Morgan fingerprint density at radius 1 is 1.29 bits per heavy atom. The zero-order chi connectivity index (χ0) is 12.0. The van der Waals surface area contributed by atoms with Crippen LogP contribution in [0.15, 0.2) is 23.1 Å². The van der Waals surface area contributed by atoms with Gasteiger partial charge in [-0.2, -0.15) is 0 Å². The summed E-state index contributed by atoms with van der Waals surface area (Å²) in [7, 11) is 1.68. The van der Waals surface area contributed by atoms with Crippen molar-refractivity contribution in [3.05, 3.63) is 28.7 Å². The highest BCUT2D eigenvalue weighted by molar-refractivity contribution is 5.92. The lowest BCUT2D eigenvalue weighted by Crippen LogP contribution is -2.23. The molecule has 90 valence electrons. The number of fused-ring (bicyclic) bond motifs is 1. The molecule has 1 amide bonds. The van der Waals surface area contributed by atoms with Gasteiger partial charge in [0.15, 0.2) is 0 Å². The first-order valence-electron chi connectivity index (χ1n) is 6.11. The Morgan fingerprint density at radius 3 is 2.65 bits per heavy atom. The van der Waals surface area contributed by atoms with Gasteiger partial charge in [-0.25, -0.2) is 0 Å². The number of anilines is 1. The van der Waals surface area contributed by atoms with Gasteiger partial charge in [0.1, 0.15) is 0 Å². The van der Waals surface area contributed by atoms with Crippen molar-refractivity contribution in [2.75, 3.05) is 5.32 Å². The monoisotopic (exact) mass is 232 g/mol. The van der Waals surface area contributed by atoms with E-state index < -0.39 is 0 Å². The first-order chi connectivity index (χ1) is 8.13. The van der Waals surface area contributed by atoms with Crippen LogP contribution in [0.25, 0.3) is 0 Å². The molecule has 0 aromatic carbocycles. The smallest absolute Gasteiger partial charge is 0.250 e. The minimum Gasteiger partial charge on any atom is -0.325 e. The van der Waals surface area contributed by atoms with Crippen LogP contribution in [0.4, 0.5) is 5.69 Å². The number of carbonyl (C=O) groups is 1. The minimum absolute atomic E-state index is 0.0647. The van der Waals surface area contributed by atoms with E-state index in [0.29, 0.717) is 5.69 Å². The topological polar surface area (TPSA) is 51.1 Å². The van der Waals surface area contributed by atoms with Gasteiger partial charge in [-0.3, -0.25) is 9.59 Å². The molecule has 0 spiro atoms. The van der Waals surface area contributed by atoms with E-state index in [0.717, 1.165) is 24.7 Å². The normalized spacial score (nSPS) is 29.8. The molecular formula is C13H16N2O2. The number of rotatable bonds is 2. The van der Waals surface area contributed by atoms with Crippen LogP contribution in [0.1, 0.15) is 19.3 Å². The fourth-order valence-electron chi connectivity index (χ4n) is 2.84. The Morgan fingerprint density at radius 2 is 2.00 bits per heavy atom. The predicted molar refractivity (Wildman–Crippen MR) is 64.6 cm³/mol. The predicted octanol–water partition coefficient (Wildman–Crippen LogP) is 1.37. The SMILES string of the molecule is Cn1cc(NC(=O)C2CC3CC3C2)ccc1=O. The summed E-state index contributed by atoms with van der Waals surface area (Å²) in [5, 5.41) is 2.89. The third-order valence-corrected chi connectivity index (χ3v) is 3.97. The molecule has 2 saturated carbocycles. The summed E-state index contributed by atoms with van der Waals surface area (Å²) in [5.74, 6) is 1.91. The fourth-order valence-corrected chi connectivity index (χ4v) is 2.84. The molecule has 17 heavy (non-hydrogen) atoms. The molecule has 2 aliphatic rings. The Bertz CT molecular complexity index is 510. The summed E-state index contributed by atoms with van der Waals surface area (Å²) < 4.78 is 1.47. The van der Waals surface area contributed by atoms with Gasteiger partial charge in [0.25, 0.3) is 0 Å². The molecule has 1 N–H and O–H groups in total. The first kappa shape index (κ1) is 10.6. The second-order valence-electron chi connectivity index (χ2n) is 5.28. The number of nitrogens with zero attached hydrogens (tertiary/aromatic N) is 1. The van der Waals surface area contributed by atoms with E-state index >= 15 is 0 Å². The van der Waals surface area contributed by atoms with Crippen molar-refractivity contribution in [3.8, 4) is 0 Å². The average Bonchev–Trinajstić information content (AvgIpc) is 2.91. The summed E-state index contributed by atoms with van der Waals surface area (Å²) in [5.41, 5.74) is 0.641. The molecule has 1 aromatic rings. The van der Waals surface area contributed by atoms with Crippen LogP contribution in [0.2, 0.25) is 0 Å². The Balaban J connectivity index is 1.67. The molecule has 2 fully saturated rings. The number of nitrogens with one attached hydrogen (secondary N) is 1. The molecule has 2 aliphatic carbocycles. The summed E-state index contributed by atoms with van der Waals surface area (Å²) in [4.78, 5) is 23.2. The summed E-state index contributed by atoms with van der Waals surface area (Å²) >= 11 is 0. The van der Waals surface area contributed by atoms with Crippen LogP contribution in [-0.2, 0) is 11.8 Å². The number of amides is 1. The molecule has 2 unspecified atom stereocenters. The van der Waals surface area contributed by atoms with Gasteiger partial charge in [-0.1, -0.05) is 0 Å². The summed E-state index contributed by atoms with van der Waals surface area (Å²) in [6.45, 7) is 0. The van der Waals surface area contributed by atoms with Crippen molar-refractivity contribution in [3.63, 3.8) is 0 Å². The number of hydrogen-bond acceptors (Lipinski definition) is 2. The Kier molecular flexibility index (Phi) is 2.31. The highest BCUT2D eigenvalue weighted by Crippen LogP contribution is 2.54. The Hall–Kier alpha value is -1.58. The van der Waals surface area contributed by atoms with Crippen molar-refractivity contribution in [2.45, 2.75) is 19.3 Å². The Labute approximate surface area is 99.6 Å². The minimum atomic E-state index is -0.0647. The van der Waals surface area contributed by atoms with Crippen molar-refractivity contribution in [1.29, 1.82) is 0 Å². The van der Waals surface area contributed by atoms with Crippen molar-refractivity contribution in [1.82, 2.24) is 4.57 Å². The summed E-state index contributed by atoms with van der Waals surface area (Å²) in [6, 6.07) is 3.14. The lowest BCUT2D eigenvalue weighted by Gasteiger charge is -2.12. The fraction of sp³-hybridized carbons (Fsp3) is 0.538. The van der Waals surface area contributed by atoms with E-state index in [1.54, 1.807) is 19.3 Å². The lowest BCUT2D eigenvalue weighted by molar-refractivity contribution is -0.120. The standard InChI is InChI=1S/C13H16N2O2/c1-15-7-11(2-3-12(15)16)14-13(17)10-5-8-4-9(8)6-10/h2-3,7-10H,4-6H2,1H3,(H,14,17). The zero-order valence-corrected chi connectivity index (χ0v) is 9.85. The molecule has 4 heteroatoms. The first-order valence-corrected chi connectivity index (χ1v) is 6.11. The average molecular weight is 232 g/mol. The number of pyridine rings is 1. The zero-order valence-electron chi connectivity index (χ0n) is 9.85. The largest absolute Gasteiger partial charge is 0.325 e. The van der Waals surface area contributed by atoms with E-state index in [1.165, 1.54) is 17.1 Å². The van der Waals surface area contributed by atoms with Crippen molar-refractivity contribution >= 4 is 11.6 Å². The van der Waals surface area contributed by atoms with Gasteiger partial charge >= 0.3 is 0 Å². The lowest BCUT2D eigenvalue weighted by atomic mass is 10.0. The van der Waals surface area contributed by atoms with Gasteiger partial charge in [-0.15, -0.1) is 0 Å².